The molecule has 0 fully saturated rings. The molecular weight excluding hydrogens is 226 g/mol. The summed E-state index contributed by atoms with van der Waals surface area (Å²) in [5.74, 6) is -0.274. The molecule has 0 spiro atoms. The predicted octanol–water partition coefficient (Wildman–Crippen LogP) is 3.51. The Morgan fingerprint density at radius 3 is 2.28 bits per heavy atom. The van der Waals surface area contributed by atoms with E-state index in [-0.39, 0.29) is 17.3 Å². The molecule has 0 amide bonds. The van der Waals surface area contributed by atoms with E-state index in [2.05, 4.69) is 27.7 Å². The van der Waals surface area contributed by atoms with Crippen LogP contribution in [-0.2, 0) is 9.53 Å². The molecular formula is C15H31NO2. The van der Waals surface area contributed by atoms with Gasteiger partial charge in [-0.2, -0.15) is 0 Å². The lowest BCUT2D eigenvalue weighted by atomic mass is 9.85. The van der Waals surface area contributed by atoms with E-state index in [9.17, 15) is 4.79 Å². The number of nitrogens with two attached hydrogens (primary N) is 1. The van der Waals surface area contributed by atoms with Crippen LogP contribution in [0.4, 0.5) is 0 Å². The van der Waals surface area contributed by atoms with Gasteiger partial charge in [-0.15, -0.1) is 0 Å². The molecule has 0 aliphatic rings. The average Bonchev–Trinajstić information content (AvgIpc) is 2.29. The van der Waals surface area contributed by atoms with Crippen LogP contribution in [0.1, 0.15) is 66.2 Å². The Morgan fingerprint density at radius 2 is 1.78 bits per heavy atom. The van der Waals surface area contributed by atoms with Gasteiger partial charge in [-0.3, -0.25) is 4.79 Å². The number of carbonyl (C=O) groups excluding carboxylic acids is 1. The summed E-state index contributed by atoms with van der Waals surface area (Å²) in [5, 5.41) is 0. The Balaban J connectivity index is 3.77. The van der Waals surface area contributed by atoms with Crippen molar-refractivity contribution in [1.29, 1.82) is 0 Å². The normalized spacial score (nSPS) is 13.4. The molecule has 2 N–H and O–H groups in total. The Hall–Kier alpha value is -0.570. The van der Waals surface area contributed by atoms with Crippen molar-refractivity contribution in [3.8, 4) is 0 Å². The van der Waals surface area contributed by atoms with Gasteiger partial charge in [0.05, 0.1) is 12.5 Å². The standard InChI is InChI=1S/C15H31NO2/c1-5-6-7-8-9-10-18-14(17)13(12-16)11-15(2,3)4/h13H,5-12,16H2,1-4H3. The lowest BCUT2D eigenvalue weighted by Crippen LogP contribution is -2.29. The summed E-state index contributed by atoms with van der Waals surface area (Å²) in [7, 11) is 0. The molecule has 108 valence electrons. The fourth-order valence-corrected chi connectivity index (χ4v) is 2.00. The van der Waals surface area contributed by atoms with Crippen LogP contribution in [0.15, 0.2) is 0 Å². The molecule has 0 aromatic rings. The Bertz CT molecular complexity index is 221. The first-order chi connectivity index (χ1) is 8.40. The van der Waals surface area contributed by atoms with Crippen molar-refractivity contribution in [2.24, 2.45) is 17.1 Å². The van der Waals surface area contributed by atoms with Crippen molar-refractivity contribution in [3.63, 3.8) is 0 Å². The number of hydrogen-bond donors (Lipinski definition) is 1. The van der Waals surface area contributed by atoms with E-state index in [4.69, 9.17) is 10.5 Å². The molecule has 0 aromatic carbocycles. The highest BCUT2D eigenvalue weighted by Gasteiger charge is 2.24. The number of esters is 1. The molecule has 0 aromatic heterocycles. The van der Waals surface area contributed by atoms with Crippen molar-refractivity contribution in [3.05, 3.63) is 0 Å². The molecule has 3 heteroatoms. The van der Waals surface area contributed by atoms with Gasteiger partial charge in [0.1, 0.15) is 0 Å². The second kappa shape index (κ2) is 9.37. The van der Waals surface area contributed by atoms with Crippen LogP contribution in [-0.4, -0.2) is 19.1 Å². The molecule has 1 atom stereocenters. The third kappa shape index (κ3) is 9.46. The maximum atomic E-state index is 11.8. The van der Waals surface area contributed by atoms with Crippen LogP contribution in [0.2, 0.25) is 0 Å². The Labute approximate surface area is 112 Å². The molecule has 0 radical (unpaired) electrons. The van der Waals surface area contributed by atoms with Gasteiger partial charge in [0.25, 0.3) is 0 Å². The fourth-order valence-electron chi connectivity index (χ4n) is 2.00. The first-order valence-corrected chi connectivity index (χ1v) is 7.27. The minimum absolute atomic E-state index is 0.115. The molecule has 0 bridgehead atoms. The average molecular weight is 257 g/mol. The summed E-state index contributed by atoms with van der Waals surface area (Å²) < 4.78 is 5.30. The zero-order valence-electron chi connectivity index (χ0n) is 12.6. The van der Waals surface area contributed by atoms with Crippen LogP contribution in [0.5, 0.6) is 0 Å². The maximum Gasteiger partial charge on any atom is 0.310 e. The second-order valence-corrected chi connectivity index (χ2v) is 6.28. The van der Waals surface area contributed by atoms with Gasteiger partial charge in [0.15, 0.2) is 0 Å². The van der Waals surface area contributed by atoms with Crippen LogP contribution >= 0.6 is 0 Å². The number of unbranched alkanes of at least 4 members (excludes halogenated alkanes) is 4. The van der Waals surface area contributed by atoms with E-state index in [0.717, 1.165) is 19.3 Å². The smallest absolute Gasteiger partial charge is 0.310 e. The van der Waals surface area contributed by atoms with Gasteiger partial charge in [-0.25, -0.2) is 0 Å². The summed E-state index contributed by atoms with van der Waals surface area (Å²) in [5.41, 5.74) is 5.77. The number of rotatable bonds is 9. The van der Waals surface area contributed by atoms with Gasteiger partial charge >= 0.3 is 5.97 Å². The van der Waals surface area contributed by atoms with E-state index >= 15 is 0 Å². The van der Waals surface area contributed by atoms with Crippen molar-refractivity contribution in [1.82, 2.24) is 0 Å². The van der Waals surface area contributed by atoms with Crippen LogP contribution < -0.4 is 5.73 Å². The first kappa shape index (κ1) is 17.4. The molecule has 0 saturated heterocycles. The van der Waals surface area contributed by atoms with E-state index in [1.165, 1.54) is 19.3 Å². The second-order valence-electron chi connectivity index (χ2n) is 6.28. The highest BCUT2D eigenvalue weighted by Crippen LogP contribution is 2.24. The molecule has 0 aliphatic heterocycles. The molecule has 0 rings (SSSR count). The minimum Gasteiger partial charge on any atom is -0.465 e. The largest absolute Gasteiger partial charge is 0.465 e. The molecule has 0 heterocycles. The Morgan fingerprint density at radius 1 is 1.17 bits per heavy atom. The summed E-state index contributed by atoms with van der Waals surface area (Å²) in [6.07, 6.45) is 6.64. The zero-order chi connectivity index (χ0) is 14.0. The SMILES string of the molecule is CCCCCCCOC(=O)C(CN)CC(C)(C)C. The molecule has 3 nitrogen and oxygen atoms in total. The van der Waals surface area contributed by atoms with Gasteiger partial charge in [-0.1, -0.05) is 53.4 Å². The predicted molar refractivity (Wildman–Crippen MR) is 76.3 cm³/mol. The van der Waals surface area contributed by atoms with E-state index in [1.807, 2.05) is 0 Å². The first-order valence-electron chi connectivity index (χ1n) is 7.27. The highest BCUT2D eigenvalue weighted by atomic mass is 16.5. The van der Waals surface area contributed by atoms with Crippen molar-refractivity contribution >= 4 is 5.97 Å². The monoisotopic (exact) mass is 257 g/mol. The number of ether oxygens (including phenoxy) is 1. The van der Waals surface area contributed by atoms with E-state index in [1.54, 1.807) is 0 Å². The lowest BCUT2D eigenvalue weighted by molar-refractivity contribution is -0.149. The van der Waals surface area contributed by atoms with E-state index < -0.39 is 0 Å². The summed E-state index contributed by atoms with van der Waals surface area (Å²) in [6, 6.07) is 0. The number of carbonyl (C=O) groups is 1. The Kier molecular flexibility index (Phi) is 9.08. The third-order valence-electron chi connectivity index (χ3n) is 2.97. The molecule has 1 unspecified atom stereocenters. The molecule has 0 saturated carbocycles. The summed E-state index contributed by atoms with van der Waals surface area (Å²) >= 11 is 0. The van der Waals surface area contributed by atoms with Crippen LogP contribution in [0.3, 0.4) is 0 Å². The van der Waals surface area contributed by atoms with Gasteiger partial charge < -0.3 is 10.5 Å². The van der Waals surface area contributed by atoms with Gasteiger partial charge in [0.2, 0.25) is 0 Å². The molecule has 0 aliphatic carbocycles. The highest BCUT2D eigenvalue weighted by molar-refractivity contribution is 5.72. The van der Waals surface area contributed by atoms with E-state index in [0.29, 0.717) is 13.2 Å². The van der Waals surface area contributed by atoms with Crippen molar-refractivity contribution < 1.29 is 9.53 Å². The summed E-state index contributed by atoms with van der Waals surface area (Å²) in [6.45, 7) is 9.47. The van der Waals surface area contributed by atoms with Crippen LogP contribution in [0, 0.1) is 11.3 Å². The summed E-state index contributed by atoms with van der Waals surface area (Å²) in [4.78, 5) is 11.8. The number of hydrogen-bond acceptors (Lipinski definition) is 3. The van der Waals surface area contributed by atoms with Crippen molar-refractivity contribution in [2.75, 3.05) is 13.2 Å². The maximum absolute atomic E-state index is 11.8. The fraction of sp³-hybridized carbons (Fsp3) is 0.933. The van der Waals surface area contributed by atoms with Crippen LogP contribution in [0.25, 0.3) is 0 Å². The van der Waals surface area contributed by atoms with Gasteiger partial charge in [0, 0.05) is 6.54 Å². The minimum atomic E-state index is -0.152. The topological polar surface area (TPSA) is 52.3 Å². The quantitative estimate of drug-likeness (QED) is 0.508. The molecule has 18 heavy (non-hydrogen) atoms. The zero-order valence-corrected chi connectivity index (χ0v) is 12.6. The third-order valence-corrected chi connectivity index (χ3v) is 2.97. The van der Waals surface area contributed by atoms with Crippen molar-refractivity contribution in [2.45, 2.75) is 66.2 Å². The van der Waals surface area contributed by atoms with Gasteiger partial charge in [-0.05, 0) is 18.3 Å². The lowest BCUT2D eigenvalue weighted by Gasteiger charge is -2.23.